The first-order chi connectivity index (χ1) is 15.7. The summed E-state index contributed by atoms with van der Waals surface area (Å²) < 4.78 is 5.20. The summed E-state index contributed by atoms with van der Waals surface area (Å²) in [6, 6.07) is 16.3. The van der Waals surface area contributed by atoms with Crippen molar-refractivity contribution in [2.75, 3.05) is 38.2 Å². The maximum Gasteiger partial charge on any atom is 0.258 e. The first kappa shape index (κ1) is 21.8. The van der Waals surface area contributed by atoms with E-state index in [0.717, 1.165) is 36.8 Å². The van der Waals surface area contributed by atoms with Crippen molar-refractivity contribution in [2.45, 2.75) is 12.8 Å². The van der Waals surface area contributed by atoms with E-state index >= 15 is 0 Å². The van der Waals surface area contributed by atoms with Crippen LogP contribution < -0.4 is 20.3 Å². The zero-order valence-electron chi connectivity index (χ0n) is 18.2. The predicted octanol–water partition coefficient (Wildman–Crippen LogP) is 3.01. The van der Waals surface area contributed by atoms with Crippen molar-refractivity contribution < 1.29 is 14.3 Å². The van der Waals surface area contributed by atoms with Crippen molar-refractivity contribution in [1.29, 1.82) is 0 Å². The Balaban J connectivity index is 1.59. The quantitative estimate of drug-likeness (QED) is 0.600. The fourth-order valence-corrected chi connectivity index (χ4v) is 4.02. The van der Waals surface area contributed by atoms with Gasteiger partial charge in [-0.2, -0.15) is 0 Å². The normalized spacial score (nSPS) is 14.2. The van der Waals surface area contributed by atoms with Crippen LogP contribution in [0.5, 0.6) is 5.75 Å². The zero-order chi connectivity index (χ0) is 22.3. The second kappa shape index (κ2) is 10.2. The van der Waals surface area contributed by atoms with Crippen LogP contribution in [-0.2, 0) is 4.79 Å². The Hall–Kier alpha value is -3.45. The van der Waals surface area contributed by atoms with Crippen molar-refractivity contribution in [2.24, 2.45) is 5.92 Å². The highest BCUT2D eigenvalue weighted by Crippen LogP contribution is 2.27. The summed E-state index contributed by atoms with van der Waals surface area (Å²) in [5.41, 5.74) is 1.92. The average Bonchev–Trinajstić information content (AvgIpc) is 2.86. The Morgan fingerprint density at radius 1 is 1.09 bits per heavy atom. The molecular formula is C25H28N4O3. The Morgan fingerprint density at radius 3 is 2.59 bits per heavy atom. The number of hydrogen-bond acceptors (Lipinski definition) is 5. The third-order valence-electron chi connectivity index (χ3n) is 5.85. The lowest BCUT2D eigenvalue weighted by Gasteiger charge is -2.26. The van der Waals surface area contributed by atoms with Crippen molar-refractivity contribution in [3.63, 3.8) is 0 Å². The fraction of sp³-hybridized carbons (Fsp3) is 0.320. The fourth-order valence-electron chi connectivity index (χ4n) is 4.02. The smallest absolute Gasteiger partial charge is 0.258 e. The van der Waals surface area contributed by atoms with Gasteiger partial charge in [0.15, 0.2) is 0 Å². The first-order valence-electron chi connectivity index (χ1n) is 10.9. The summed E-state index contributed by atoms with van der Waals surface area (Å²) in [5, 5.41) is 7.19. The van der Waals surface area contributed by atoms with Crippen LogP contribution in [0.15, 0.2) is 60.8 Å². The topological polar surface area (TPSA) is 83.6 Å². The number of nitrogens with one attached hydrogen (secondary N) is 2. The molecule has 166 valence electrons. The molecular weight excluding hydrogens is 404 g/mol. The molecule has 1 aliphatic heterocycles. The number of anilines is 1. The maximum absolute atomic E-state index is 13.5. The molecule has 2 heterocycles. The molecule has 1 fully saturated rings. The number of benzene rings is 2. The van der Waals surface area contributed by atoms with E-state index < -0.39 is 0 Å². The van der Waals surface area contributed by atoms with Crippen LogP contribution >= 0.6 is 0 Å². The number of nitrogens with zero attached hydrogens (tertiary/aromatic N) is 2. The van der Waals surface area contributed by atoms with E-state index in [9.17, 15) is 9.59 Å². The Kier molecular flexibility index (Phi) is 6.97. The summed E-state index contributed by atoms with van der Waals surface area (Å²) in [6.45, 7) is 2.52. The van der Waals surface area contributed by atoms with Gasteiger partial charge in [-0.05, 0) is 68.2 Å². The largest absolute Gasteiger partial charge is 0.497 e. The number of rotatable bonds is 7. The number of carbonyl (C=O) groups excluding carboxylic acids is 2. The highest BCUT2D eigenvalue weighted by molar-refractivity contribution is 6.12. The molecule has 1 aliphatic rings. The molecule has 0 unspecified atom stereocenters. The maximum atomic E-state index is 13.5. The number of piperidine rings is 1. The van der Waals surface area contributed by atoms with Gasteiger partial charge in [-0.15, -0.1) is 0 Å². The highest BCUT2D eigenvalue weighted by atomic mass is 16.5. The molecule has 0 radical (unpaired) electrons. The molecule has 0 bridgehead atoms. The van der Waals surface area contributed by atoms with E-state index in [1.165, 1.54) is 4.90 Å². The minimum atomic E-state index is -0.249. The van der Waals surface area contributed by atoms with E-state index in [0.29, 0.717) is 29.5 Å². The van der Waals surface area contributed by atoms with Gasteiger partial charge in [0.25, 0.3) is 5.91 Å². The molecule has 3 aromatic rings. The minimum Gasteiger partial charge on any atom is -0.497 e. The standard InChI is InChI=1S/C25H28N4O3/c1-32-20-8-6-19(7-9-20)25(31)29(17-24(30)28-16-18-10-13-26-14-11-18)23-12-15-27-22-5-3-2-4-21(22)23/h2-9,12,15,18,26H,10-11,13-14,16-17H2,1H3,(H,28,30). The third-order valence-corrected chi connectivity index (χ3v) is 5.85. The molecule has 7 nitrogen and oxygen atoms in total. The van der Waals surface area contributed by atoms with Crippen molar-refractivity contribution in [1.82, 2.24) is 15.6 Å². The lowest BCUT2D eigenvalue weighted by atomic mass is 9.98. The monoisotopic (exact) mass is 432 g/mol. The number of para-hydroxylation sites is 1. The Bertz CT molecular complexity index is 1070. The lowest BCUT2D eigenvalue weighted by Crippen LogP contribution is -2.43. The van der Waals surface area contributed by atoms with Gasteiger partial charge in [-0.3, -0.25) is 19.5 Å². The molecule has 0 atom stereocenters. The van der Waals surface area contributed by atoms with Gasteiger partial charge in [0, 0.05) is 23.7 Å². The van der Waals surface area contributed by atoms with Crippen LogP contribution in [0, 0.1) is 5.92 Å². The highest BCUT2D eigenvalue weighted by Gasteiger charge is 2.23. The number of pyridine rings is 1. The van der Waals surface area contributed by atoms with E-state index in [4.69, 9.17) is 4.74 Å². The van der Waals surface area contributed by atoms with Gasteiger partial charge < -0.3 is 15.4 Å². The summed E-state index contributed by atoms with van der Waals surface area (Å²) in [4.78, 5) is 32.3. The second-order valence-electron chi connectivity index (χ2n) is 7.96. The number of fused-ring (bicyclic) bond motifs is 1. The molecule has 1 saturated heterocycles. The predicted molar refractivity (Wildman–Crippen MR) is 125 cm³/mol. The summed E-state index contributed by atoms with van der Waals surface area (Å²) in [5.74, 6) is 0.710. The number of methoxy groups -OCH3 is 1. The van der Waals surface area contributed by atoms with E-state index in [1.807, 2.05) is 24.3 Å². The molecule has 2 aromatic carbocycles. The molecule has 7 heteroatoms. The Labute approximate surface area is 187 Å². The van der Waals surface area contributed by atoms with Crippen molar-refractivity contribution in [3.8, 4) is 5.75 Å². The molecule has 2 amide bonds. The molecule has 32 heavy (non-hydrogen) atoms. The number of carbonyl (C=O) groups is 2. The van der Waals surface area contributed by atoms with Crippen molar-refractivity contribution in [3.05, 3.63) is 66.4 Å². The SMILES string of the molecule is COc1ccc(C(=O)N(CC(=O)NCC2CCNCC2)c2ccnc3ccccc23)cc1. The molecule has 0 spiro atoms. The van der Waals surface area contributed by atoms with Crippen LogP contribution in [0.3, 0.4) is 0 Å². The van der Waals surface area contributed by atoms with Crippen LogP contribution in [-0.4, -0.2) is 50.1 Å². The Morgan fingerprint density at radius 2 is 1.84 bits per heavy atom. The molecule has 2 N–H and O–H groups in total. The average molecular weight is 433 g/mol. The van der Waals surface area contributed by atoms with Gasteiger partial charge in [-0.1, -0.05) is 18.2 Å². The molecule has 1 aromatic heterocycles. The van der Waals surface area contributed by atoms with E-state index in [-0.39, 0.29) is 18.4 Å². The molecule has 0 aliphatic carbocycles. The number of ether oxygens (including phenoxy) is 1. The minimum absolute atomic E-state index is 0.0656. The summed E-state index contributed by atoms with van der Waals surface area (Å²) in [7, 11) is 1.58. The van der Waals surface area contributed by atoms with Crippen LogP contribution in [0.25, 0.3) is 10.9 Å². The lowest BCUT2D eigenvalue weighted by molar-refractivity contribution is -0.119. The van der Waals surface area contributed by atoms with Gasteiger partial charge >= 0.3 is 0 Å². The van der Waals surface area contributed by atoms with Gasteiger partial charge in [0.2, 0.25) is 5.91 Å². The zero-order valence-corrected chi connectivity index (χ0v) is 18.2. The molecule has 0 saturated carbocycles. The first-order valence-corrected chi connectivity index (χ1v) is 10.9. The number of aromatic nitrogens is 1. The van der Waals surface area contributed by atoms with Gasteiger partial charge in [0.1, 0.15) is 12.3 Å². The van der Waals surface area contributed by atoms with E-state index in [2.05, 4.69) is 15.6 Å². The second-order valence-corrected chi connectivity index (χ2v) is 7.96. The number of hydrogen-bond donors (Lipinski definition) is 2. The molecule has 4 rings (SSSR count). The van der Waals surface area contributed by atoms with Crippen LogP contribution in [0.2, 0.25) is 0 Å². The van der Waals surface area contributed by atoms with E-state index in [1.54, 1.807) is 43.6 Å². The van der Waals surface area contributed by atoms with Crippen molar-refractivity contribution >= 4 is 28.4 Å². The summed E-state index contributed by atoms with van der Waals surface area (Å²) >= 11 is 0. The van der Waals surface area contributed by atoms with Crippen LogP contribution in [0.1, 0.15) is 23.2 Å². The number of amides is 2. The van der Waals surface area contributed by atoms with Gasteiger partial charge in [-0.25, -0.2) is 0 Å². The summed E-state index contributed by atoms with van der Waals surface area (Å²) in [6.07, 6.45) is 3.76. The van der Waals surface area contributed by atoms with Gasteiger partial charge in [0.05, 0.1) is 18.3 Å². The third kappa shape index (κ3) is 5.06. The van der Waals surface area contributed by atoms with Crippen LogP contribution in [0.4, 0.5) is 5.69 Å².